The SMILES string of the molecule is CCc1nsc(/N=N/c2ccc(/N=N/c3ccc(N(CC)CC)cc3)cc2)c1C#N. The normalized spacial score (nSPS) is 11.3. The van der Waals surface area contributed by atoms with Crippen LogP contribution in [-0.4, -0.2) is 17.5 Å². The molecule has 0 fully saturated rings. The van der Waals surface area contributed by atoms with Gasteiger partial charge in [0.2, 0.25) is 0 Å². The van der Waals surface area contributed by atoms with Gasteiger partial charge in [-0.25, -0.2) is 0 Å². The van der Waals surface area contributed by atoms with Crippen molar-refractivity contribution in [1.29, 1.82) is 5.26 Å². The zero-order chi connectivity index (χ0) is 21.3. The lowest BCUT2D eigenvalue weighted by molar-refractivity contribution is 0.866. The number of benzene rings is 2. The predicted octanol–water partition coefficient (Wildman–Crippen LogP) is 7.25. The Balaban J connectivity index is 1.66. The summed E-state index contributed by atoms with van der Waals surface area (Å²) in [4.78, 5) is 2.28. The van der Waals surface area contributed by atoms with Crippen LogP contribution in [0.1, 0.15) is 32.0 Å². The van der Waals surface area contributed by atoms with Crippen LogP contribution in [0.25, 0.3) is 0 Å². The summed E-state index contributed by atoms with van der Waals surface area (Å²) in [6.45, 7) is 8.19. The van der Waals surface area contributed by atoms with Crippen molar-refractivity contribution in [3.05, 3.63) is 59.8 Å². The van der Waals surface area contributed by atoms with Gasteiger partial charge in [0.15, 0.2) is 5.00 Å². The van der Waals surface area contributed by atoms with Gasteiger partial charge in [-0.05, 0) is 80.3 Å². The minimum absolute atomic E-state index is 0.503. The Labute approximate surface area is 180 Å². The Hall–Kier alpha value is -3.44. The molecule has 3 aromatic rings. The predicted molar refractivity (Wildman–Crippen MR) is 121 cm³/mol. The van der Waals surface area contributed by atoms with Crippen molar-refractivity contribution in [3.63, 3.8) is 0 Å². The maximum absolute atomic E-state index is 9.26. The molecule has 7 nitrogen and oxygen atoms in total. The smallest absolute Gasteiger partial charge is 0.176 e. The number of hydrogen-bond acceptors (Lipinski definition) is 8. The molecule has 0 atom stereocenters. The molecule has 1 aromatic heterocycles. The fourth-order valence-corrected chi connectivity index (χ4v) is 3.61. The number of aryl methyl sites for hydroxylation is 1. The third kappa shape index (κ3) is 5.13. The van der Waals surface area contributed by atoms with Crippen molar-refractivity contribution in [3.8, 4) is 6.07 Å². The van der Waals surface area contributed by atoms with Crippen molar-refractivity contribution in [1.82, 2.24) is 4.37 Å². The van der Waals surface area contributed by atoms with Crippen molar-refractivity contribution in [2.75, 3.05) is 18.0 Å². The van der Waals surface area contributed by atoms with Gasteiger partial charge in [0.1, 0.15) is 11.6 Å². The molecule has 0 unspecified atom stereocenters. The van der Waals surface area contributed by atoms with Gasteiger partial charge in [0, 0.05) is 18.8 Å². The first-order valence-electron chi connectivity index (χ1n) is 9.85. The van der Waals surface area contributed by atoms with Crippen LogP contribution in [0.3, 0.4) is 0 Å². The summed E-state index contributed by atoms with van der Waals surface area (Å²) in [5, 5.41) is 26.8. The second kappa shape index (κ2) is 10.4. The minimum Gasteiger partial charge on any atom is -0.372 e. The fourth-order valence-electron chi connectivity index (χ4n) is 2.86. The molecule has 0 aliphatic rings. The maximum atomic E-state index is 9.26. The van der Waals surface area contributed by atoms with Crippen LogP contribution in [0, 0.1) is 11.3 Å². The molecule has 0 aliphatic carbocycles. The third-order valence-electron chi connectivity index (χ3n) is 4.56. The summed E-state index contributed by atoms with van der Waals surface area (Å²) in [7, 11) is 0. The molecule has 8 heteroatoms. The van der Waals surface area contributed by atoms with E-state index < -0.39 is 0 Å². The average molecular weight is 418 g/mol. The van der Waals surface area contributed by atoms with Crippen molar-refractivity contribution >= 4 is 39.3 Å². The standard InChI is InChI=1S/C22H23N7S/c1-4-21-20(15-23)22(30-28-21)27-26-17-9-7-16(8-10-17)24-25-18-11-13-19(14-12-18)29(5-2)6-3/h7-14H,4-6H2,1-3H3/b25-24+,27-26+. The highest BCUT2D eigenvalue weighted by molar-refractivity contribution is 7.10. The van der Waals surface area contributed by atoms with Gasteiger partial charge in [-0.15, -0.1) is 10.2 Å². The van der Waals surface area contributed by atoms with E-state index in [1.807, 2.05) is 43.3 Å². The van der Waals surface area contributed by atoms with E-state index in [4.69, 9.17) is 0 Å². The second-order valence-corrected chi connectivity index (χ2v) is 7.13. The summed E-state index contributed by atoms with van der Waals surface area (Å²) in [5.74, 6) is 0. The van der Waals surface area contributed by atoms with Crippen LogP contribution < -0.4 is 4.90 Å². The lowest BCUT2D eigenvalue weighted by Crippen LogP contribution is -2.21. The Morgan fingerprint density at radius 1 is 0.833 bits per heavy atom. The molecule has 0 aliphatic heterocycles. The number of hydrogen-bond donors (Lipinski definition) is 0. The monoisotopic (exact) mass is 417 g/mol. The molecule has 0 saturated carbocycles. The van der Waals surface area contributed by atoms with Gasteiger partial charge in [-0.3, -0.25) is 0 Å². The van der Waals surface area contributed by atoms with E-state index in [9.17, 15) is 5.26 Å². The molecule has 152 valence electrons. The molecule has 0 spiro atoms. The Bertz CT molecular complexity index is 1060. The molecule has 0 bridgehead atoms. The Morgan fingerprint density at radius 3 is 1.80 bits per heavy atom. The van der Waals surface area contributed by atoms with Crippen LogP contribution >= 0.6 is 11.5 Å². The van der Waals surface area contributed by atoms with Crippen molar-refractivity contribution in [2.24, 2.45) is 20.5 Å². The minimum atomic E-state index is 0.503. The van der Waals surface area contributed by atoms with Crippen LogP contribution in [-0.2, 0) is 6.42 Å². The number of nitriles is 1. The fraction of sp³-hybridized carbons (Fsp3) is 0.273. The molecular formula is C22H23N7S. The first kappa shape index (κ1) is 21.3. The average Bonchev–Trinajstić information content (AvgIpc) is 3.20. The van der Waals surface area contributed by atoms with E-state index in [-0.39, 0.29) is 0 Å². The maximum Gasteiger partial charge on any atom is 0.176 e. The van der Waals surface area contributed by atoms with E-state index in [1.54, 1.807) is 0 Å². The number of nitrogens with zero attached hydrogens (tertiary/aromatic N) is 7. The first-order valence-corrected chi connectivity index (χ1v) is 10.6. The zero-order valence-electron chi connectivity index (χ0n) is 17.3. The van der Waals surface area contributed by atoms with Crippen LogP contribution in [0.5, 0.6) is 0 Å². The van der Waals surface area contributed by atoms with Crippen molar-refractivity contribution < 1.29 is 0 Å². The van der Waals surface area contributed by atoms with Crippen LogP contribution in [0.15, 0.2) is 69.0 Å². The Morgan fingerprint density at radius 2 is 1.33 bits per heavy atom. The molecule has 0 radical (unpaired) electrons. The molecule has 0 N–H and O–H groups in total. The summed E-state index contributed by atoms with van der Waals surface area (Å²) in [5.41, 5.74) is 4.65. The number of anilines is 1. The highest BCUT2D eigenvalue weighted by Crippen LogP contribution is 2.30. The van der Waals surface area contributed by atoms with E-state index >= 15 is 0 Å². The lowest BCUT2D eigenvalue weighted by Gasteiger charge is -2.20. The summed E-state index contributed by atoms with van der Waals surface area (Å²) in [6.07, 6.45) is 0.701. The highest BCUT2D eigenvalue weighted by Gasteiger charge is 2.11. The van der Waals surface area contributed by atoms with Crippen LogP contribution in [0.4, 0.5) is 27.8 Å². The molecular weight excluding hydrogens is 394 g/mol. The summed E-state index contributed by atoms with van der Waals surface area (Å²) < 4.78 is 4.24. The first-order chi connectivity index (χ1) is 14.7. The van der Waals surface area contributed by atoms with Crippen LogP contribution in [0.2, 0.25) is 0 Å². The number of azo groups is 2. The molecule has 2 aromatic carbocycles. The van der Waals surface area contributed by atoms with E-state index in [0.29, 0.717) is 22.7 Å². The summed E-state index contributed by atoms with van der Waals surface area (Å²) in [6, 6.07) is 17.5. The third-order valence-corrected chi connectivity index (χ3v) is 5.33. The molecule has 0 amide bonds. The topological polar surface area (TPSA) is 89.4 Å². The second-order valence-electron chi connectivity index (χ2n) is 6.38. The van der Waals surface area contributed by atoms with Gasteiger partial charge in [0.05, 0.1) is 22.8 Å². The summed E-state index contributed by atoms with van der Waals surface area (Å²) >= 11 is 1.19. The van der Waals surface area contributed by atoms with E-state index in [1.165, 1.54) is 17.2 Å². The highest BCUT2D eigenvalue weighted by atomic mass is 32.1. The van der Waals surface area contributed by atoms with Gasteiger partial charge >= 0.3 is 0 Å². The molecule has 0 saturated heterocycles. The molecule has 30 heavy (non-hydrogen) atoms. The van der Waals surface area contributed by atoms with E-state index in [2.05, 4.69) is 61.8 Å². The van der Waals surface area contributed by atoms with Gasteiger partial charge in [-0.1, -0.05) is 6.92 Å². The quantitative estimate of drug-likeness (QED) is 0.361. The number of rotatable bonds is 8. The van der Waals surface area contributed by atoms with Crippen molar-refractivity contribution in [2.45, 2.75) is 27.2 Å². The van der Waals surface area contributed by atoms with E-state index in [0.717, 1.165) is 30.2 Å². The lowest BCUT2D eigenvalue weighted by atomic mass is 10.2. The molecule has 1 heterocycles. The molecule has 3 rings (SSSR count). The largest absolute Gasteiger partial charge is 0.372 e. The zero-order valence-corrected chi connectivity index (χ0v) is 18.1. The van der Waals surface area contributed by atoms with Gasteiger partial charge in [0.25, 0.3) is 0 Å². The van der Waals surface area contributed by atoms with Gasteiger partial charge < -0.3 is 4.90 Å². The van der Waals surface area contributed by atoms with Gasteiger partial charge in [-0.2, -0.15) is 19.9 Å². The number of aromatic nitrogens is 1. The Kier molecular flexibility index (Phi) is 7.35.